The van der Waals surface area contributed by atoms with E-state index in [0.717, 1.165) is 37.4 Å². The number of nitrogens with zero attached hydrogens (tertiary/aromatic N) is 1. The average Bonchev–Trinajstić information content (AvgIpc) is 2.27. The first-order valence-electron chi connectivity index (χ1n) is 5.87. The van der Waals surface area contributed by atoms with Gasteiger partial charge in [-0.3, -0.25) is 0 Å². The highest BCUT2D eigenvalue weighted by molar-refractivity contribution is 7.99. The van der Waals surface area contributed by atoms with Gasteiger partial charge in [0.1, 0.15) is 0 Å². The normalized spacial score (nSPS) is 18.7. The highest BCUT2D eigenvalue weighted by atomic mass is 32.2. The Morgan fingerprint density at radius 3 is 2.67 bits per heavy atom. The Morgan fingerprint density at radius 1 is 1.40 bits per heavy atom. The smallest absolute Gasteiger partial charge is 0.317 e. The van der Waals surface area contributed by atoms with E-state index in [4.69, 9.17) is 0 Å². The molecule has 1 aliphatic heterocycles. The summed E-state index contributed by atoms with van der Waals surface area (Å²) in [5.41, 5.74) is 0. The molecule has 15 heavy (non-hydrogen) atoms. The predicted octanol–water partition coefficient (Wildman–Crippen LogP) is 2.32. The van der Waals surface area contributed by atoms with Crippen molar-refractivity contribution in [1.29, 1.82) is 0 Å². The molecule has 88 valence electrons. The molecule has 0 aromatic carbocycles. The van der Waals surface area contributed by atoms with Gasteiger partial charge in [0, 0.05) is 24.9 Å². The van der Waals surface area contributed by atoms with Crippen LogP contribution in [0.2, 0.25) is 0 Å². The molecule has 0 aromatic rings. The number of thioether (sulfide) groups is 1. The van der Waals surface area contributed by atoms with Crippen LogP contribution in [0, 0.1) is 0 Å². The number of amides is 2. The van der Waals surface area contributed by atoms with Gasteiger partial charge in [-0.15, -0.1) is 0 Å². The second-order valence-electron chi connectivity index (χ2n) is 4.06. The highest BCUT2D eigenvalue weighted by Crippen LogP contribution is 2.09. The van der Waals surface area contributed by atoms with Crippen molar-refractivity contribution in [3.8, 4) is 0 Å². The minimum atomic E-state index is 0.124. The third-order valence-electron chi connectivity index (χ3n) is 2.59. The molecule has 1 N–H and O–H groups in total. The number of nitrogens with one attached hydrogen (secondary N) is 1. The molecule has 1 atom stereocenters. The molecule has 0 saturated carbocycles. The lowest BCUT2D eigenvalue weighted by molar-refractivity contribution is 0.184. The van der Waals surface area contributed by atoms with Crippen molar-refractivity contribution in [3.05, 3.63) is 0 Å². The third-order valence-corrected chi connectivity index (χ3v) is 3.73. The SMILES string of the molecule is CCSCC(C)NC(=O)N1CCCCC1. The van der Waals surface area contributed by atoms with Crippen LogP contribution in [-0.4, -0.2) is 41.6 Å². The number of hydrogen-bond donors (Lipinski definition) is 1. The molecular formula is C11H22N2OS. The standard InChI is InChI=1S/C11H22N2OS/c1-3-15-9-10(2)12-11(14)13-7-5-4-6-8-13/h10H,3-9H2,1-2H3,(H,12,14). The van der Waals surface area contributed by atoms with E-state index in [1.54, 1.807) is 0 Å². The van der Waals surface area contributed by atoms with Crippen molar-refractivity contribution < 1.29 is 4.79 Å². The van der Waals surface area contributed by atoms with Crippen LogP contribution in [0.3, 0.4) is 0 Å². The summed E-state index contributed by atoms with van der Waals surface area (Å²) in [6.45, 7) is 6.08. The van der Waals surface area contributed by atoms with Crippen LogP contribution in [-0.2, 0) is 0 Å². The van der Waals surface area contributed by atoms with Crippen molar-refractivity contribution in [2.45, 2.75) is 39.2 Å². The minimum absolute atomic E-state index is 0.124. The van der Waals surface area contributed by atoms with E-state index >= 15 is 0 Å². The zero-order chi connectivity index (χ0) is 11.1. The van der Waals surface area contributed by atoms with Gasteiger partial charge < -0.3 is 10.2 Å². The minimum Gasteiger partial charge on any atom is -0.335 e. The Balaban J connectivity index is 2.21. The van der Waals surface area contributed by atoms with Crippen molar-refractivity contribution in [2.75, 3.05) is 24.6 Å². The van der Waals surface area contributed by atoms with Gasteiger partial charge in [-0.25, -0.2) is 4.79 Å². The molecule has 0 aromatic heterocycles. The monoisotopic (exact) mass is 230 g/mol. The van der Waals surface area contributed by atoms with Crippen LogP contribution in [0.4, 0.5) is 4.79 Å². The number of likely N-dealkylation sites (tertiary alicyclic amines) is 1. The van der Waals surface area contributed by atoms with Crippen molar-refractivity contribution in [1.82, 2.24) is 10.2 Å². The molecule has 0 spiro atoms. The Morgan fingerprint density at radius 2 is 2.07 bits per heavy atom. The van der Waals surface area contributed by atoms with Gasteiger partial charge in [0.05, 0.1) is 0 Å². The summed E-state index contributed by atoms with van der Waals surface area (Å²) >= 11 is 1.87. The first-order chi connectivity index (χ1) is 7.24. The van der Waals surface area contributed by atoms with Crippen LogP contribution in [0.1, 0.15) is 33.1 Å². The van der Waals surface area contributed by atoms with Gasteiger partial charge in [0.2, 0.25) is 0 Å². The summed E-state index contributed by atoms with van der Waals surface area (Å²) < 4.78 is 0. The van der Waals surface area contributed by atoms with Gasteiger partial charge >= 0.3 is 6.03 Å². The number of rotatable bonds is 4. The fraction of sp³-hybridized carbons (Fsp3) is 0.909. The summed E-state index contributed by atoms with van der Waals surface area (Å²) in [5.74, 6) is 2.13. The quantitative estimate of drug-likeness (QED) is 0.804. The number of carbonyl (C=O) groups is 1. The highest BCUT2D eigenvalue weighted by Gasteiger charge is 2.17. The Bertz CT molecular complexity index is 193. The second kappa shape index (κ2) is 6.99. The second-order valence-corrected chi connectivity index (χ2v) is 5.38. The molecule has 0 bridgehead atoms. The maximum atomic E-state index is 11.8. The van der Waals surface area contributed by atoms with E-state index in [2.05, 4.69) is 19.2 Å². The summed E-state index contributed by atoms with van der Waals surface area (Å²) in [6, 6.07) is 0.406. The van der Waals surface area contributed by atoms with E-state index < -0.39 is 0 Å². The zero-order valence-electron chi connectivity index (χ0n) is 9.79. The van der Waals surface area contributed by atoms with E-state index in [9.17, 15) is 4.79 Å². The van der Waals surface area contributed by atoms with E-state index in [1.165, 1.54) is 6.42 Å². The number of urea groups is 1. The van der Waals surface area contributed by atoms with Gasteiger partial charge in [0.25, 0.3) is 0 Å². The van der Waals surface area contributed by atoms with Gasteiger partial charge in [-0.05, 0) is 31.9 Å². The molecule has 0 aliphatic carbocycles. The molecule has 1 fully saturated rings. The Kier molecular flexibility index (Phi) is 5.91. The lowest BCUT2D eigenvalue weighted by Gasteiger charge is -2.28. The fourth-order valence-corrected chi connectivity index (χ4v) is 2.41. The fourth-order valence-electron chi connectivity index (χ4n) is 1.74. The lowest BCUT2D eigenvalue weighted by atomic mass is 10.1. The van der Waals surface area contributed by atoms with Crippen LogP contribution in [0.25, 0.3) is 0 Å². The number of piperidine rings is 1. The largest absolute Gasteiger partial charge is 0.335 e. The third kappa shape index (κ3) is 4.78. The van der Waals surface area contributed by atoms with E-state index in [1.807, 2.05) is 16.7 Å². The van der Waals surface area contributed by atoms with Gasteiger partial charge in [-0.1, -0.05) is 6.92 Å². The number of carbonyl (C=O) groups excluding carboxylic acids is 1. The molecule has 0 radical (unpaired) electrons. The summed E-state index contributed by atoms with van der Waals surface area (Å²) in [5, 5.41) is 3.05. The van der Waals surface area contributed by atoms with Gasteiger partial charge in [0.15, 0.2) is 0 Å². The van der Waals surface area contributed by atoms with Crippen molar-refractivity contribution in [2.24, 2.45) is 0 Å². The molecule has 2 amide bonds. The van der Waals surface area contributed by atoms with Crippen LogP contribution in [0.5, 0.6) is 0 Å². The summed E-state index contributed by atoms with van der Waals surface area (Å²) in [6.07, 6.45) is 3.59. The predicted molar refractivity (Wildman–Crippen MR) is 66.4 cm³/mol. The zero-order valence-corrected chi connectivity index (χ0v) is 10.6. The van der Waals surface area contributed by atoms with Crippen molar-refractivity contribution in [3.63, 3.8) is 0 Å². The summed E-state index contributed by atoms with van der Waals surface area (Å²) in [4.78, 5) is 13.7. The number of hydrogen-bond acceptors (Lipinski definition) is 2. The molecule has 1 saturated heterocycles. The molecule has 1 unspecified atom stereocenters. The first kappa shape index (κ1) is 12.7. The van der Waals surface area contributed by atoms with E-state index in [-0.39, 0.29) is 12.1 Å². The molecule has 4 heteroatoms. The van der Waals surface area contributed by atoms with Crippen LogP contribution in [0.15, 0.2) is 0 Å². The van der Waals surface area contributed by atoms with Crippen LogP contribution < -0.4 is 5.32 Å². The van der Waals surface area contributed by atoms with E-state index in [0.29, 0.717) is 0 Å². The van der Waals surface area contributed by atoms with Gasteiger partial charge in [-0.2, -0.15) is 11.8 Å². The summed E-state index contributed by atoms with van der Waals surface area (Å²) in [7, 11) is 0. The van der Waals surface area contributed by atoms with Crippen LogP contribution >= 0.6 is 11.8 Å². The Hall–Kier alpha value is -0.380. The maximum absolute atomic E-state index is 11.8. The molecule has 1 aliphatic rings. The molecule has 1 heterocycles. The van der Waals surface area contributed by atoms with Crippen molar-refractivity contribution >= 4 is 17.8 Å². The molecular weight excluding hydrogens is 208 g/mol. The Labute approximate surface area is 97.0 Å². The maximum Gasteiger partial charge on any atom is 0.317 e. The molecule has 3 nitrogen and oxygen atoms in total. The lowest BCUT2D eigenvalue weighted by Crippen LogP contribution is -2.46. The topological polar surface area (TPSA) is 32.3 Å². The first-order valence-corrected chi connectivity index (χ1v) is 7.02. The average molecular weight is 230 g/mol. The molecule has 1 rings (SSSR count).